The summed E-state index contributed by atoms with van der Waals surface area (Å²) in [6.07, 6.45) is 2.54. The van der Waals surface area contributed by atoms with Gasteiger partial charge in [0, 0.05) is 24.5 Å². The van der Waals surface area contributed by atoms with Crippen molar-refractivity contribution in [3.8, 4) is 0 Å². The molecule has 1 N–H and O–H groups in total. The first-order chi connectivity index (χ1) is 16.1. The Morgan fingerprint density at radius 1 is 0.879 bits per heavy atom. The number of amides is 2. The molecule has 0 saturated carbocycles. The van der Waals surface area contributed by atoms with Crippen molar-refractivity contribution in [2.24, 2.45) is 0 Å². The zero-order valence-electron chi connectivity index (χ0n) is 19.0. The summed E-state index contributed by atoms with van der Waals surface area (Å²) in [7, 11) is 0. The van der Waals surface area contributed by atoms with E-state index in [0.717, 1.165) is 29.5 Å². The number of carbonyl (C=O) groups is 2. The van der Waals surface area contributed by atoms with Gasteiger partial charge >= 0.3 is 0 Å². The lowest BCUT2D eigenvalue weighted by atomic mass is 10.0. The molecule has 5 heteroatoms. The van der Waals surface area contributed by atoms with E-state index in [4.69, 9.17) is 11.6 Å². The van der Waals surface area contributed by atoms with Gasteiger partial charge in [-0.1, -0.05) is 104 Å². The van der Waals surface area contributed by atoms with Gasteiger partial charge in [0.1, 0.15) is 6.04 Å². The standard InChI is InChI=1S/C28H31ClN2O2/c1-2-3-18-30-28(33)26(19-22-12-6-4-7-13-22)31(21-24-16-10-11-17-25(24)29)27(32)20-23-14-8-5-9-15-23/h4-17,26H,2-3,18-21H2,1H3,(H,30,33). The molecule has 0 bridgehead atoms. The van der Waals surface area contributed by atoms with Crippen molar-refractivity contribution < 1.29 is 9.59 Å². The lowest BCUT2D eigenvalue weighted by Crippen LogP contribution is -2.51. The van der Waals surface area contributed by atoms with E-state index in [1.807, 2.05) is 84.9 Å². The number of nitrogens with zero attached hydrogens (tertiary/aromatic N) is 1. The van der Waals surface area contributed by atoms with Crippen LogP contribution in [-0.2, 0) is 29.0 Å². The minimum absolute atomic E-state index is 0.104. The summed E-state index contributed by atoms with van der Waals surface area (Å²) < 4.78 is 0. The zero-order valence-corrected chi connectivity index (χ0v) is 19.8. The molecular formula is C28H31ClN2O2. The first-order valence-electron chi connectivity index (χ1n) is 11.5. The summed E-state index contributed by atoms with van der Waals surface area (Å²) in [4.78, 5) is 28.6. The number of hydrogen-bond acceptors (Lipinski definition) is 2. The van der Waals surface area contributed by atoms with Crippen molar-refractivity contribution in [1.29, 1.82) is 0 Å². The SMILES string of the molecule is CCCCNC(=O)C(Cc1ccccc1)N(Cc1ccccc1Cl)C(=O)Cc1ccccc1. The molecule has 2 amide bonds. The van der Waals surface area contributed by atoms with Crippen LogP contribution in [0.4, 0.5) is 0 Å². The Bertz CT molecular complexity index is 1020. The van der Waals surface area contributed by atoms with Crippen LogP contribution in [0.25, 0.3) is 0 Å². The number of nitrogens with one attached hydrogen (secondary N) is 1. The summed E-state index contributed by atoms with van der Waals surface area (Å²) in [5.41, 5.74) is 2.74. The molecule has 0 heterocycles. The molecule has 0 aliphatic carbocycles. The Labute approximate surface area is 201 Å². The van der Waals surface area contributed by atoms with E-state index in [9.17, 15) is 9.59 Å². The molecule has 1 atom stereocenters. The molecule has 1 unspecified atom stereocenters. The second-order valence-electron chi connectivity index (χ2n) is 8.13. The Morgan fingerprint density at radius 3 is 2.12 bits per heavy atom. The van der Waals surface area contributed by atoms with E-state index < -0.39 is 6.04 Å². The van der Waals surface area contributed by atoms with E-state index in [1.54, 1.807) is 4.90 Å². The van der Waals surface area contributed by atoms with Gasteiger partial charge in [-0.05, 0) is 29.2 Å². The number of benzene rings is 3. The van der Waals surface area contributed by atoms with Crippen molar-refractivity contribution in [1.82, 2.24) is 10.2 Å². The minimum Gasteiger partial charge on any atom is -0.354 e. The van der Waals surface area contributed by atoms with Gasteiger partial charge in [-0.25, -0.2) is 0 Å². The summed E-state index contributed by atoms with van der Waals surface area (Å²) in [5.74, 6) is -0.242. The zero-order chi connectivity index (χ0) is 23.5. The second kappa shape index (κ2) is 12.8. The molecule has 3 rings (SSSR count). The summed E-state index contributed by atoms with van der Waals surface area (Å²) in [6, 6.07) is 26.3. The highest BCUT2D eigenvalue weighted by Crippen LogP contribution is 2.21. The van der Waals surface area contributed by atoms with Crippen molar-refractivity contribution in [2.75, 3.05) is 6.54 Å². The lowest BCUT2D eigenvalue weighted by molar-refractivity contribution is -0.140. The maximum absolute atomic E-state index is 13.6. The number of unbranched alkanes of at least 4 members (excludes halogenated alkanes) is 1. The van der Waals surface area contributed by atoms with Gasteiger partial charge in [0.2, 0.25) is 11.8 Å². The van der Waals surface area contributed by atoms with Crippen molar-refractivity contribution in [3.05, 3.63) is 107 Å². The van der Waals surface area contributed by atoms with Crippen molar-refractivity contribution in [2.45, 2.75) is 45.2 Å². The van der Waals surface area contributed by atoms with Crippen molar-refractivity contribution in [3.63, 3.8) is 0 Å². The van der Waals surface area contributed by atoms with Gasteiger partial charge < -0.3 is 10.2 Å². The highest BCUT2D eigenvalue weighted by atomic mass is 35.5. The lowest BCUT2D eigenvalue weighted by Gasteiger charge is -2.32. The van der Waals surface area contributed by atoms with Crippen molar-refractivity contribution >= 4 is 23.4 Å². The molecule has 0 aromatic heterocycles. The Hall–Kier alpha value is -3.11. The predicted octanol–water partition coefficient (Wildman–Crippen LogP) is 5.44. The van der Waals surface area contributed by atoms with Gasteiger partial charge in [0.15, 0.2) is 0 Å². The number of rotatable bonds is 11. The molecule has 0 fully saturated rings. The van der Waals surface area contributed by atoms with E-state index in [-0.39, 0.29) is 24.8 Å². The Morgan fingerprint density at radius 2 is 1.48 bits per heavy atom. The number of halogens is 1. The highest BCUT2D eigenvalue weighted by molar-refractivity contribution is 6.31. The molecular weight excluding hydrogens is 432 g/mol. The van der Waals surface area contributed by atoms with E-state index in [0.29, 0.717) is 18.0 Å². The first kappa shape index (κ1) is 24.5. The number of carbonyl (C=O) groups excluding carboxylic acids is 2. The van der Waals surface area contributed by atoms with Gasteiger partial charge in [0.25, 0.3) is 0 Å². The van der Waals surface area contributed by atoms with Crippen LogP contribution < -0.4 is 5.32 Å². The van der Waals surface area contributed by atoms with Gasteiger partial charge in [-0.2, -0.15) is 0 Å². The van der Waals surface area contributed by atoms with Crippen LogP contribution >= 0.6 is 11.6 Å². The maximum Gasteiger partial charge on any atom is 0.243 e. The molecule has 172 valence electrons. The van der Waals surface area contributed by atoms with Crippen LogP contribution in [-0.4, -0.2) is 29.3 Å². The topological polar surface area (TPSA) is 49.4 Å². The van der Waals surface area contributed by atoms with Crippen LogP contribution in [0, 0.1) is 0 Å². The molecule has 4 nitrogen and oxygen atoms in total. The van der Waals surface area contributed by atoms with Crippen LogP contribution in [0.1, 0.15) is 36.5 Å². The van der Waals surface area contributed by atoms with Crippen LogP contribution in [0.2, 0.25) is 5.02 Å². The van der Waals surface area contributed by atoms with Crippen LogP contribution in [0.5, 0.6) is 0 Å². The smallest absolute Gasteiger partial charge is 0.243 e. The van der Waals surface area contributed by atoms with Crippen LogP contribution in [0.15, 0.2) is 84.9 Å². The fourth-order valence-corrected chi connectivity index (χ4v) is 3.94. The minimum atomic E-state index is -0.642. The third-order valence-corrected chi connectivity index (χ3v) is 5.97. The molecule has 0 saturated heterocycles. The summed E-state index contributed by atoms with van der Waals surface area (Å²) in [5, 5.41) is 3.62. The van der Waals surface area contributed by atoms with E-state index >= 15 is 0 Å². The van der Waals surface area contributed by atoms with Gasteiger partial charge in [-0.3, -0.25) is 9.59 Å². The third kappa shape index (κ3) is 7.47. The normalized spacial score (nSPS) is 11.6. The Kier molecular flexibility index (Phi) is 9.52. The second-order valence-corrected chi connectivity index (χ2v) is 8.53. The predicted molar refractivity (Wildman–Crippen MR) is 134 cm³/mol. The summed E-state index contributed by atoms with van der Waals surface area (Å²) >= 11 is 6.44. The van der Waals surface area contributed by atoms with E-state index in [2.05, 4.69) is 12.2 Å². The molecule has 33 heavy (non-hydrogen) atoms. The highest BCUT2D eigenvalue weighted by Gasteiger charge is 2.30. The average Bonchev–Trinajstić information content (AvgIpc) is 2.83. The Balaban J connectivity index is 1.94. The molecule has 0 radical (unpaired) electrons. The van der Waals surface area contributed by atoms with Gasteiger partial charge in [0.05, 0.1) is 6.42 Å². The fraction of sp³-hybridized carbons (Fsp3) is 0.286. The van der Waals surface area contributed by atoms with Crippen LogP contribution in [0.3, 0.4) is 0 Å². The molecule has 0 spiro atoms. The number of hydrogen-bond donors (Lipinski definition) is 1. The quantitative estimate of drug-likeness (QED) is 0.386. The largest absolute Gasteiger partial charge is 0.354 e. The average molecular weight is 463 g/mol. The first-order valence-corrected chi connectivity index (χ1v) is 11.8. The fourth-order valence-electron chi connectivity index (χ4n) is 3.74. The maximum atomic E-state index is 13.6. The monoisotopic (exact) mass is 462 g/mol. The third-order valence-electron chi connectivity index (χ3n) is 5.60. The summed E-state index contributed by atoms with van der Waals surface area (Å²) in [6.45, 7) is 2.94. The molecule has 0 aliphatic heterocycles. The molecule has 3 aromatic rings. The molecule has 3 aromatic carbocycles. The molecule has 0 aliphatic rings. The van der Waals surface area contributed by atoms with E-state index in [1.165, 1.54) is 0 Å². The van der Waals surface area contributed by atoms with Gasteiger partial charge in [-0.15, -0.1) is 0 Å².